The molecule has 1 aromatic heterocycles. The Morgan fingerprint density at radius 2 is 1.74 bits per heavy atom. The molecule has 0 aromatic carbocycles. The van der Waals surface area contributed by atoms with Crippen LogP contribution in [0, 0.1) is 0 Å². The van der Waals surface area contributed by atoms with Crippen molar-refractivity contribution in [3.63, 3.8) is 0 Å². The molecule has 1 aromatic rings. The Bertz CT molecular complexity index is 455. The van der Waals surface area contributed by atoms with Crippen molar-refractivity contribution in [2.45, 2.75) is 19.2 Å². The van der Waals surface area contributed by atoms with E-state index in [1.54, 1.807) is 0 Å². The molecule has 0 aliphatic carbocycles. The third-order valence-corrected chi connectivity index (χ3v) is 1.86. The lowest BCUT2D eigenvalue weighted by Gasteiger charge is -2.16. The van der Waals surface area contributed by atoms with Crippen LogP contribution in [0.15, 0.2) is 6.07 Å². The zero-order chi connectivity index (χ0) is 14.8. The van der Waals surface area contributed by atoms with Gasteiger partial charge in [0.05, 0.1) is 7.11 Å². The van der Waals surface area contributed by atoms with E-state index in [-0.39, 0.29) is 0 Å². The summed E-state index contributed by atoms with van der Waals surface area (Å²) >= 11 is 0. The van der Waals surface area contributed by atoms with E-state index in [0.717, 1.165) is 7.11 Å². The van der Waals surface area contributed by atoms with Crippen LogP contribution in [-0.2, 0) is 12.9 Å². The van der Waals surface area contributed by atoms with Crippen LogP contribution in [0.2, 0.25) is 0 Å². The van der Waals surface area contributed by atoms with E-state index in [9.17, 15) is 30.7 Å². The van der Waals surface area contributed by atoms with Crippen molar-refractivity contribution in [2.24, 2.45) is 0 Å². The first-order valence-electron chi connectivity index (χ1n) is 4.55. The minimum absolute atomic E-state index is 0.390. The van der Waals surface area contributed by atoms with Gasteiger partial charge in [-0.3, -0.25) is 0 Å². The van der Waals surface area contributed by atoms with Crippen molar-refractivity contribution in [1.82, 2.24) is 4.98 Å². The monoisotopic (exact) mass is 293 g/mol. The SMILES string of the molecule is COc1c(CF)cc(OC(F)(F)F)nc1C(F)(F)F. The van der Waals surface area contributed by atoms with E-state index in [1.165, 1.54) is 0 Å². The highest BCUT2D eigenvalue weighted by molar-refractivity contribution is 5.42. The molecule has 1 rings (SSSR count). The van der Waals surface area contributed by atoms with Crippen molar-refractivity contribution in [1.29, 1.82) is 0 Å². The lowest BCUT2D eigenvalue weighted by Crippen LogP contribution is -2.20. The quantitative estimate of drug-likeness (QED) is 0.800. The number of hydrogen-bond donors (Lipinski definition) is 0. The number of pyridine rings is 1. The number of methoxy groups -OCH3 is 1. The summed E-state index contributed by atoms with van der Waals surface area (Å²) in [6.45, 7) is -1.47. The van der Waals surface area contributed by atoms with Crippen molar-refractivity contribution < 1.29 is 40.2 Å². The molecular formula is C9H6F7NO2. The maximum absolute atomic E-state index is 12.6. The third-order valence-electron chi connectivity index (χ3n) is 1.86. The normalized spacial score (nSPS) is 12.4. The molecule has 0 saturated carbocycles. The maximum Gasteiger partial charge on any atom is 0.574 e. The van der Waals surface area contributed by atoms with Gasteiger partial charge in [-0.05, 0) is 0 Å². The average Bonchev–Trinajstić information content (AvgIpc) is 2.24. The fourth-order valence-electron chi connectivity index (χ4n) is 1.25. The molecule has 108 valence electrons. The van der Waals surface area contributed by atoms with Crippen molar-refractivity contribution >= 4 is 0 Å². The zero-order valence-corrected chi connectivity index (χ0v) is 9.19. The molecule has 0 fully saturated rings. The van der Waals surface area contributed by atoms with Crippen LogP contribution in [0.1, 0.15) is 11.3 Å². The topological polar surface area (TPSA) is 31.4 Å². The van der Waals surface area contributed by atoms with E-state index in [0.29, 0.717) is 6.07 Å². The second-order valence-corrected chi connectivity index (χ2v) is 3.18. The van der Waals surface area contributed by atoms with E-state index in [2.05, 4.69) is 14.5 Å². The Morgan fingerprint density at radius 3 is 2.11 bits per heavy atom. The summed E-state index contributed by atoms with van der Waals surface area (Å²) in [7, 11) is 0.815. The summed E-state index contributed by atoms with van der Waals surface area (Å²) in [5.74, 6) is -2.39. The molecule has 0 saturated heterocycles. The highest BCUT2D eigenvalue weighted by Gasteiger charge is 2.40. The average molecular weight is 293 g/mol. The predicted octanol–water partition coefficient (Wildman–Crippen LogP) is 3.48. The number of ether oxygens (including phenoxy) is 2. The Morgan fingerprint density at radius 1 is 1.16 bits per heavy atom. The first-order valence-corrected chi connectivity index (χ1v) is 4.55. The van der Waals surface area contributed by atoms with Gasteiger partial charge in [-0.25, -0.2) is 9.37 Å². The molecule has 0 amide bonds. The van der Waals surface area contributed by atoms with Crippen molar-refractivity contribution in [3.8, 4) is 11.6 Å². The number of aromatic nitrogens is 1. The van der Waals surface area contributed by atoms with Gasteiger partial charge in [-0.15, -0.1) is 13.2 Å². The van der Waals surface area contributed by atoms with Crippen LogP contribution in [-0.4, -0.2) is 18.5 Å². The smallest absolute Gasteiger partial charge is 0.494 e. The molecule has 0 unspecified atom stereocenters. The Balaban J connectivity index is 3.39. The molecule has 0 N–H and O–H groups in total. The zero-order valence-electron chi connectivity index (χ0n) is 9.19. The molecule has 19 heavy (non-hydrogen) atoms. The fraction of sp³-hybridized carbons (Fsp3) is 0.444. The van der Waals surface area contributed by atoms with E-state index in [4.69, 9.17) is 0 Å². The van der Waals surface area contributed by atoms with Crippen LogP contribution in [0.3, 0.4) is 0 Å². The van der Waals surface area contributed by atoms with Gasteiger partial charge in [0.1, 0.15) is 6.67 Å². The molecular weight excluding hydrogens is 287 g/mol. The summed E-state index contributed by atoms with van der Waals surface area (Å²) in [5.41, 5.74) is -2.53. The molecule has 3 nitrogen and oxygen atoms in total. The van der Waals surface area contributed by atoms with Crippen LogP contribution in [0.5, 0.6) is 11.6 Å². The van der Waals surface area contributed by atoms with Gasteiger partial charge in [-0.1, -0.05) is 0 Å². The minimum Gasteiger partial charge on any atom is -0.494 e. The molecule has 1 heterocycles. The molecule has 0 spiro atoms. The summed E-state index contributed by atoms with van der Waals surface area (Å²) < 4.78 is 93.6. The number of hydrogen-bond acceptors (Lipinski definition) is 3. The van der Waals surface area contributed by atoms with E-state index >= 15 is 0 Å². The van der Waals surface area contributed by atoms with Gasteiger partial charge in [0, 0.05) is 11.6 Å². The Labute approximate surface area is 101 Å². The number of rotatable bonds is 3. The van der Waals surface area contributed by atoms with Crippen molar-refractivity contribution in [3.05, 3.63) is 17.3 Å². The van der Waals surface area contributed by atoms with Gasteiger partial charge >= 0.3 is 12.5 Å². The highest BCUT2D eigenvalue weighted by Crippen LogP contribution is 2.39. The summed E-state index contributed by atoms with van der Waals surface area (Å²) in [4.78, 5) is 2.65. The lowest BCUT2D eigenvalue weighted by molar-refractivity contribution is -0.276. The third kappa shape index (κ3) is 3.86. The molecule has 0 bridgehead atoms. The molecule has 0 aliphatic rings. The van der Waals surface area contributed by atoms with Crippen LogP contribution < -0.4 is 9.47 Å². The van der Waals surface area contributed by atoms with Gasteiger partial charge in [0.15, 0.2) is 11.4 Å². The Kier molecular flexibility index (Phi) is 4.11. The molecule has 10 heteroatoms. The van der Waals surface area contributed by atoms with Crippen molar-refractivity contribution in [2.75, 3.05) is 7.11 Å². The largest absolute Gasteiger partial charge is 0.574 e. The number of halogens is 7. The van der Waals surface area contributed by atoms with E-state index in [1.807, 2.05) is 0 Å². The molecule has 0 atom stereocenters. The van der Waals surface area contributed by atoms with Crippen LogP contribution >= 0.6 is 0 Å². The van der Waals surface area contributed by atoms with Gasteiger partial charge in [0.25, 0.3) is 0 Å². The Hall–Kier alpha value is -1.74. The second kappa shape index (κ2) is 5.10. The van der Waals surface area contributed by atoms with E-state index < -0.39 is 42.1 Å². The molecule has 0 radical (unpaired) electrons. The predicted molar refractivity (Wildman–Crippen MR) is 47.3 cm³/mol. The van der Waals surface area contributed by atoms with Gasteiger partial charge in [0.2, 0.25) is 5.88 Å². The van der Waals surface area contributed by atoms with Gasteiger partial charge in [-0.2, -0.15) is 13.2 Å². The maximum atomic E-state index is 12.6. The van der Waals surface area contributed by atoms with Gasteiger partial charge < -0.3 is 9.47 Å². The fourth-order valence-corrected chi connectivity index (χ4v) is 1.25. The summed E-state index contributed by atoms with van der Waals surface area (Å²) in [6.07, 6.45) is -10.3. The number of nitrogens with zero attached hydrogens (tertiary/aromatic N) is 1. The number of alkyl halides is 7. The first kappa shape index (κ1) is 15.3. The van der Waals surface area contributed by atoms with Crippen LogP contribution in [0.4, 0.5) is 30.7 Å². The molecule has 0 aliphatic heterocycles. The standard InChI is InChI=1S/C9H6F7NO2/c1-18-6-4(3-10)2-5(19-9(14,15)16)17-7(6)8(11,12)13/h2H,3H2,1H3. The highest BCUT2D eigenvalue weighted by atomic mass is 19.4. The second-order valence-electron chi connectivity index (χ2n) is 3.18. The lowest BCUT2D eigenvalue weighted by atomic mass is 10.2. The summed E-state index contributed by atoms with van der Waals surface area (Å²) in [6, 6.07) is 0.390. The summed E-state index contributed by atoms with van der Waals surface area (Å²) in [5, 5.41) is 0. The van der Waals surface area contributed by atoms with Crippen LogP contribution in [0.25, 0.3) is 0 Å². The minimum atomic E-state index is -5.24. The first-order chi connectivity index (χ1) is 8.58.